The first-order chi connectivity index (χ1) is 8.53. The lowest BCUT2D eigenvalue weighted by atomic mass is 9.94. The maximum absolute atomic E-state index is 12.7. The lowest BCUT2D eigenvalue weighted by Gasteiger charge is -2.11. The molecule has 0 fully saturated rings. The van der Waals surface area contributed by atoms with Gasteiger partial charge in [-0.15, -0.1) is 0 Å². The summed E-state index contributed by atoms with van der Waals surface area (Å²) in [6, 6.07) is 4.32. The van der Waals surface area contributed by atoms with E-state index in [1.54, 1.807) is 6.92 Å². The van der Waals surface area contributed by atoms with Crippen LogP contribution in [-0.4, -0.2) is 13.1 Å². The number of carbonyl (C=O) groups is 1. The van der Waals surface area contributed by atoms with Crippen LogP contribution in [0, 0.1) is 11.3 Å². The number of hydrogen-bond acceptors (Lipinski definition) is 3. The van der Waals surface area contributed by atoms with Crippen molar-refractivity contribution in [1.82, 2.24) is 0 Å². The Morgan fingerprint density at radius 1 is 1.50 bits per heavy atom. The molecule has 0 amide bonds. The molecule has 0 aliphatic heterocycles. The number of nitrogens with zero attached hydrogens (tertiary/aromatic N) is 1. The molecular formula is C13H13F2NO2. The topological polar surface area (TPSA) is 50.1 Å². The zero-order valence-corrected chi connectivity index (χ0v) is 10.2. The number of rotatable bonds is 4. The highest BCUT2D eigenvalue weighted by molar-refractivity contribution is 5.73. The SMILES string of the molecule is CCc1c(C#N)cc(C(F)F)cc1CC(=O)OC. The second-order valence-electron chi connectivity index (χ2n) is 3.73. The maximum Gasteiger partial charge on any atom is 0.309 e. The van der Waals surface area contributed by atoms with Gasteiger partial charge in [-0.3, -0.25) is 4.79 Å². The number of halogens is 2. The summed E-state index contributed by atoms with van der Waals surface area (Å²) in [6.45, 7) is 1.80. The molecule has 0 saturated carbocycles. The van der Waals surface area contributed by atoms with Gasteiger partial charge in [-0.25, -0.2) is 8.78 Å². The van der Waals surface area contributed by atoms with Crippen molar-refractivity contribution < 1.29 is 18.3 Å². The van der Waals surface area contributed by atoms with Gasteiger partial charge in [0.05, 0.1) is 25.2 Å². The molecule has 0 radical (unpaired) electrons. The van der Waals surface area contributed by atoms with E-state index < -0.39 is 12.4 Å². The van der Waals surface area contributed by atoms with Gasteiger partial charge in [0, 0.05) is 5.56 Å². The largest absolute Gasteiger partial charge is 0.469 e. The Morgan fingerprint density at radius 2 is 2.17 bits per heavy atom. The fourth-order valence-electron chi connectivity index (χ4n) is 1.79. The van der Waals surface area contributed by atoms with Gasteiger partial charge in [0.1, 0.15) is 0 Å². The van der Waals surface area contributed by atoms with Gasteiger partial charge >= 0.3 is 5.97 Å². The van der Waals surface area contributed by atoms with E-state index in [1.807, 2.05) is 6.07 Å². The van der Waals surface area contributed by atoms with Crippen LogP contribution in [0.3, 0.4) is 0 Å². The Hall–Kier alpha value is -1.96. The van der Waals surface area contributed by atoms with Gasteiger partial charge in [-0.1, -0.05) is 6.92 Å². The zero-order chi connectivity index (χ0) is 13.7. The molecule has 18 heavy (non-hydrogen) atoms. The van der Waals surface area contributed by atoms with Crippen LogP contribution in [0.25, 0.3) is 0 Å². The third-order valence-corrected chi connectivity index (χ3v) is 2.65. The lowest BCUT2D eigenvalue weighted by Crippen LogP contribution is -2.09. The van der Waals surface area contributed by atoms with Crippen molar-refractivity contribution in [2.45, 2.75) is 26.2 Å². The summed E-state index contributed by atoms with van der Waals surface area (Å²) >= 11 is 0. The fraction of sp³-hybridized carbons (Fsp3) is 0.385. The van der Waals surface area contributed by atoms with Crippen molar-refractivity contribution in [1.29, 1.82) is 5.26 Å². The molecule has 96 valence electrons. The Labute approximate surface area is 104 Å². The Balaban J connectivity index is 3.32. The molecule has 0 unspecified atom stereocenters. The lowest BCUT2D eigenvalue weighted by molar-refractivity contribution is -0.139. The highest BCUT2D eigenvalue weighted by atomic mass is 19.3. The van der Waals surface area contributed by atoms with Gasteiger partial charge in [0.2, 0.25) is 0 Å². The summed E-state index contributed by atoms with van der Waals surface area (Å²) in [4.78, 5) is 11.2. The van der Waals surface area contributed by atoms with Crippen molar-refractivity contribution in [3.05, 3.63) is 34.4 Å². The van der Waals surface area contributed by atoms with Gasteiger partial charge in [-0.05, 0) is 29.7 Å². The number of carbonyl (C=O) groups excluding carboxylic acids is 1. The first kappa shape index (κ1) is 14.1. The van der Waals surface area contributed by atoms with Crippen molar-refractivity contribution in [3.63, 3.8) is 0 Å². The van der Waals surface area contributed by atoms with Crippen molar-refractivity contribution in [2.75, 3.05) is 7.11 Å². The highest BCUT2D eigenvalue weighted by Gasteiger charge is 2.16. The molecule has 0 N–H and O–H groups in total. The van der Waals surface area contributed by atoms with Crippen molar-refractivity contribution in [3.8, 4) is 6.07 Å². The smallest absolute Gasteiger partial charge is 0.309 e. The number of ether oxygens (including phenoxy) is 1. The van der Waals surface area contributed by atoms with Crippen LogP contribution in [0.5, 0.6) is 0 Å². The molecule has 1 aromatic rings. The molecule has 0 spiro atoms. The summed E-state index contributed by atoms with van der Waals surface area (Å²) in [6.07, 6.45) is -2.27. The van der Waals surface area contributed by atoms with E-state index in [4.69, 9.17) is 5.26 Å². The van der Waals surface area contributed by atoms with E-state index in [2.05, 4.69) is 4.74 Å². The molecule has 0 heterocycles. The number of hydrogen-bond donors (Lipinski definition) is 0. The zero-order valence-electron chi connectivity index (χ0n) is 10.2. The van der Waals surface area contributed by atoms with Crippen LogP contribution in [0.1, 0.15) is 35.6 Å². The molecule has 1 aromatic carbocycles. The Kier molecular flexibility index (Phi) is 4.78. The minimum absolute atomic E-state index is 0.102. The van der Waals surface area contributed by atoms with E-state index >= 15 is 0 Å². The Bertz CT molecular complexity index is 492. The summed E-state index contributed by atoms with van der Waals surface area (Å²) in [5, 5.41) is 8.96. The van der Waals surface area contributed by atoms with Gasteiger partial charge in [0.25, 0.3) is 6.43 Å². The molecule has 0 aliphatic carbocycles. The van der Waals surface area contributed by atoms with E-state index in [0.717, 1.165) is 0 Å². The Morgan fingerprint density at radius 3 is 2.61 bits per heavy atom. The molecule has 0 bridgehead atoms. The average molecular weight is 253 g/mol. The quantitative estimate of drug-likeness (QED) is 0.775. The number of methoxy groups -OCH3 is 1. The molecule has 0 saturated heterocycles. The molecule has 0 aromatic heterocycles. The number of benzene rings is 1. The molecule has 0 atom stereocenters. The first-order valence-corrected chi connectivity index (χ1v) is 5.44. The average Bonchev–Trinajstić information content (AvgIpc) is 2.37. The summed E-state index contributed by atoms with van der Waals surface area (Å²) in [5.74, 6) is -0.514. The van der Waals surface area contributed by atoms with E-state index in [-0.39, 0.29) is 17.5 Å². The molecule has 1 rings (SSSR count). The van der Waals surface area contributed by atoms with Crippen molar-refractivity contribution >= 4 is 5.97 Å². The van der Waals surface area contributed by atoms with Gasteiger partial charge < -0.3 is 4.74 Å². The minimum atomic E-state index is -2.67. The van der Waals surface area contributed by atoms with Gasteiger partial charge in [-0.2, -0.15) is 5.26 Å². The first-order valence-electron chi connectivity index (χ1n) is 5.44. The molecule has 3 nitrogen and oxygen atoms in total. The third-order valence-electron chi connectivity index (χ3n) is 2.65. The summed E-state index contributed by atoms with van der Waals surface area (Å²) in [7, 11) is 1.23. The molecule has 5 heteroatoms. The fourth-order valence-corrected chi connectivity index (χ4v) is 1.79. The van der Waals surface area contributed by atoms with E-state index in [9.17, 15) is 13.6 Å². The number of nitriles is 1. The highest BCUT2D eigenvalue weighted by Crippen LogP contribution is 2.26. The molecule has 0 aliphatic rings. The van der Waals surface area contributed by atoms with Gasteiger partial charge in [0.15, 0.2) is 0 Å². The monoisotopic (exact) mass is 253 g/mol. The van der Waals surface area contributed by atoms with Crippen molar-refractivity contribution in [2.24, 2.45) is 0 Å². The van der Waals surface area contributed by atoms with Crippen LogP contribution in [-0.2, 0) is 22.4 Å². The second kappa shape index (κ2) is 6.10. The third kappa shape index (κ3) is 3.04. The standard InChI is InChI=1S/C13H13F2NO2/c1-3-11-8(6-12(17)18-2)4-9(13(14)15)5-10(11)7-16/h4-5,13H,3,6H2,1-2H3. The van der Waals surface area contributed by atoms with Crippen LogP contribution in [0.15, 0.2) is 12.1 Å². The predicted molar refractivity (Wildman–Crippen MR) is 61.2 cm³/mol. The van der Waals surface area contributed by atoms with E-state index in [1.165, 1.54) is 19.2 Å². The summed E-state index contributed by atoms with van der Waals surface area (Å²) in [5.41, 5.74) is 0.989. The number of alkyl halides is 2. The summed E-state index contributed by atoms with van der Waals surface area (Å²) < 4.78 is 29.9. The predicted octanol–water partition coefficient (Wildman–Crippen LogP) is 2.77. The van der Waals surface area contributed by atoms with E-state index in [0.29, 0.717) is 17.5 Å². The maximum atomic E-state index is 12.7. The van der Waals surface area contributed by atoms with Crippen LogP contribution >= 0.6 is 0 Å². The number of esters is 1. The normalized spacial score (nSPS) is 10.2. The van der Waals surface area contributed by atoms with Crippen LogP contribution in [0.2, 0.25) is 0 Å². The molecular weight excluding hydrogens is 240 g/mol. The van der Waals surface area contributed by atoms with Crippen LogP contribution < -0.4 is 0 Å². The minimum Gasteiger partial charge on any atom is -0.469 e. The van der Waals surface area contributed by atoms with Crippen LogP contribution in [0.4, 0.5) is 8.78 Å². The second-order valence-corrected chi connectivity index (χ2v) is 3.73.